The van der Waals surface area contributed by atoms with Crippen molar-refractivity contribution < 1.29 is 4.79 Å². The van der Waals surface area contributed by atoms with Crippen molar-refractivity contribution in [1.29, 1.82) is 0 Å². The highest BCUT2D eigenvalue weighted by molar-refractivity contribution is 6.42. The fourth-order valence-corrected chi connectivity index (χ4v) is 5.43. The lowest BCUT2D eigenvalue weighted by Gasteiger charge is -2.42. The normalized spacial score (nSPS) is 22.2. The van der Waals surface area contributed by atoms with Gasteiger partial charge in [-0.3, -0.25) is 9.69 Å². The first kappa shape index (κ1) is 21.7. The Balaban J connectivity index is 1.52. The summed E-state index contributed by atoms with van der Waals surface area (Å²) in [7, 11) is 2.00. The molecule has 2 atom stereocenters. The van der Waals surface area contributed by atoms with E-state index < -0.39 is 0 Å². The number of nitrogens with zero attached hydrogens (tertiary/aromatic N) is 2. The molecule has 2 aromatic rings. The maximum Gasteiger partial charge on any atom is 0.227 e. The summed E-state index contributed by atoms with van der Waals surface area (Å²) >= 11 is 12.3. The van der Waals surface area contributed by atoms with Crippen LogP contribution in [0.15, 0.2) is 42.5 Å². The van der Waals surface area contributed by atoms with Gasteiger partial charge in [-0.2, -0.15) is 0 Å². The molecule has 1 aliphatic heterocycles. The molecule has 0 unspecified atom stereocenters. The lowest BCUT2D eigenvalue weighted by atomic mass is 9.88. The van der Waals surface area contributed by atoms with Gasteiger partial charge in [0.2, 0.25) is 5.91 Å². The smallest absolute Gasteiger partial charge is 0.227 e. The predicted molar refractivity (Wildman–Crippen MR) is 125 cm³/mol. The number of hydrogen-bond acceptors (Lipinski definition) is 2. The zero-order chi connectivity index (χ0) is 21.1. The standard InChI is InChI=1S/C25H30Cl2N2O/c1-28(23-10-4-5-11-24(23)29-14-6-7-15-29)25(30)17-18-8-2-3-9-20(18)19-12-13-21(26)22(27)16-19/h2-3,8-9,12-13,16,23-24H,4-7,10-11,14-15,17H2,1H3/t23-,24-/m1/s1. The fraction of sp³-hybridized carbons (Fsp3) is 0.480. The van der Waals surface area contributed by atoms with E-state index in [0.717, 1.165) is 23.1 Å². The number of rotatable bonds is 5. The predicted octanol–water partition coefficient (Wildman–Crippen LogP) is 6.07. The van der Waals surface area contributed by atoms with Crippen LogP contribution in [-0.4, -0.2) is 47.9 Å². The number of benzene rings is 2. The van der Waals surface area contributed by atoms with E-state index in [-0.39, 0.29) is 5.91 Å². The van der Waals surface area contributed by atoms with Gasteiger partial charge in [0.1, 0.15) is 0 Å². The molecule has 30 heavy (non-hydrogen) atoms. The molecule has 3 nitrogen and oxygen atoms in total. The van der Waals surface area contributed by atoms with Gasteiger partial charge in [-0.15, -0.1) is 0 Å². The summed E-state index contributed by atoms with van der Waals surface area (Å²) < 4.78 is 0. The van der Waals surface area contributed by atoms with E-state index >= 15 is 0 Å². The van der Waals surface area contributed by atoms with Crippen LogP contribution in [0.2, 0.25) is 10.0 Å². The van der Waals surface area contributed by atoms with E-state index in [9.17, 15) is 4.79 Å². The molecule has 4 rings (SSSR count). The van der Waals surface area contributed by atoms with Crippen molar-refractivity contribution in [2.75, 3.05) is 20.1 Å². The Morgan fingerprint density at radius 2 is 1.73 bits per heavy atom. The molecular weight excluding hydrogens is 415 g/mol. The highest BCUT2D eigenvalue weighted by Crippen LogP contribution is 2.32. The second-order valence-corrected chi connectivity index (χ2v) is 9.44. The molecule has 0 bridgehead atoms. The Morgan fingerprint density at radius 3 is 2.50 bits per heavy atom. The summed E-state index contributed by atoms with van der Waals surface area (Å²) in [5.74, 6) is 0.193. The zero-order valence-electron chi connectivity index (χ0n) is 17.6. The van der Waals surface area contributed by atoms with Gasteiger partial charge in [-0.25, -0.2) is 0 Å². The quantitative estimate of drug-likeness (QED) is 0.558. The van der Waals surface area contributed by atoms with Crippen LogP contribution >= 0.6 is 23.2 Å². The maximum absolute atomic E-state index is 13.3. The molecule has 1 aliphatic carbocycles. The van der Waals surface area contributed by atoms with Crippen LogP contribution in [0.1, 0.15) is 44.1 Å². The molecule has 5 heteroatoms. The summed E-state index contributed by atoms with van der Waals surface area (Å²) in [6.07, 6.45) is 7.79. The number of likely N-dealkylation sites (tertiary alicyclic amines) is 1. The van der Waals surface area contributed by atoms with Crippen LogP contribution in [0.25, 0.3) is 11.1 Å². The SMILES string of the molecule is CN(C(=O)Cc1ccccc1-c1ccc(Cl)c(Cl)c1)[C@@H]1CCCC[C@H]1N1CCCC1. The van der Waals surface area contributed by atoms with Crippen LogP contribution in [0.5, 0.6) is 0 Å². The maximum atomic E-state index is 13.3. The Kier molecular flexibility index (Phi) is 7.02. The Hall–Kier alpha value is -1.55. The molecule has 2 aliphatic rings. The van der Waals surface area contributed by atoms with Crippen molar-refractivity contribution in [1.82, 2.24) is 9.80 Å². The first-order valence-electron chi connectivity index (χ1n) is 11.1. The van der Waals surface area contributed by atoms with E-state index in [1.165, 1.54) is 45.2 Å². The average molecular weight is 445 g/mol. The van der Waals surface area contributed by atoms with E-state index in [1.807, 2.05) is 48.3 Å². The molecular formula is C25H30Cl2N2O. The number of likely N-dealkylation sites (N-methyl/N-ethyl adjacent to an activating group) is 1. The van der Waals surface area contributed by atoms with E-state index in [4.69, 9.17) is 23.2 Å². The van der Waals surface area contributed by atoms with Gasteiger partial charge in [0.15, 0.2) is 0 Å². The molecule has 0 radical (unpaired) electrons. The average Bonchev–Trinajstić information content (AvgIpc) is 3.30. The third-order valence-electron chi connectivity index (χ3n) is 6.78. The van der Waals surface area contributed by atoms with Crippen molar-refractivity contribution in [3.63, 3.8) is 0 Å². The topological polar surface area (TPSA) is 23.6 Å². The molecule has 160 valence electrons. The van der Waals surface area contributed by atoms with Gasteiger partial charge >= 0.3 is 0 Å². The van der Waals surface area contributed by atoms with E-state index in [0.29, 0.717) is 28.5 Å². The molecule has 1 heterocycles. The van der Waals surface area contributed by atoms with Crippen molar-refractivity contribution in [2.24, 2.45) is 0 Å². The minimum atomic E-state index is 0.193. The number of halogens is 2. The third-order valence-corrected chi connectivity index (χ3v) is 7.52. The summed E-state index contributed by atoms with van der Waals surface area (Å²) in [6, 6.07) is 14.6. The Morgan fingerprint density at radius 1 is 1.00 bits per heavy atom. The number of carbonyl (C=O) groups is 1. The van der Waals surface area contributed by atoms with Gasteiger partial charge in [0, 0.05) is 19.1 Å². The molecule has 2 aromatic carbocycles. The second-order valence-electron chi connectivity index (χ2n) is 8.63. The van der Waals surface area contributed by atoms with Gasteiger partial charge in [-0.1, -0.05) is 66.4 Å². The lowest BCUT2D eigenvalue weighted by Crippen LogP contribution is -2.53. The first-order valence-corrected chi connectivity index (χ1v) is 11.8. The van der Waals surface area contributed by atoms with Crippen molar-refractivity contribution >= 4 is 29.1 Å². The van der Waals surface area contributed by atoms with Gasteiger partial charge in [0.05, 0.1) is 16.5 Å². The molecule has 1 saturated carbocycles. The van der Waals surface area contributed by atoms with Crippen LogP contribution in [0.3, 0.4) is 0 Å². The monoisotopic (exact) mass is 444 g/mol. The molecule has 1 amide bonds. The molecule has 2 fully saturated rings. The molecule has 0 spiro atoms. The fourth-order valence-electron chi connectivity index (χ4n) is 5.13. The van der Waals surface area contributed by atoms with Crippen LogP contribution < -0.4 is 0 Å². The Labute approximate surface area is 190 Å². The third kappa shape index (κ3) is 4.69. The number of carbonyl (C=O) groups excluding carboxylic acids is 1. The number of amides is 1. The Bertz CT molecular complexity index is 894. The summed E-state index contributed by atoms with van der Waals surface area (Å²) in [5, 5.41) is 1.07. The van der Waals surface area contributed by atoms with Crippen LogP contribution in [0.4, 0.5) is 0 Å². The highest BCUT2D eigenvalue weighted by Gasteiger charge is 2.35. The summed E-state index contributed by atoms with van der Waals surface area (Å²) in [4.78, 5) is 18.0. The molecule has 0 N–H and O–H groups in total. The number of hydrogen-bond donors (Lipinski definition) is 0. The minimum Gasteiger partial charge on any atom is -0.341 e. The molecule has 0 aromatic heterocycles. The minimum absolute atomic E-state index is 0.193. The summed E-state index contributed by atoms with van der Waals surface area (Å²) in [6.45, 7) is 2.37. The molecule has 1 saturated heterocycles. The van der Waals surface area contributed by atoms with E-state index in [2.05, 4.69) is 11.0 Å². The highest BCUT2D eigenvalue weighted by atomic mass is 35.5. The van der Waals surface area contributed by atoms with Crippen molar-refractivity contribution in [2.45, 2.75) is 57.0 Å². The largest absolute Gasteiger partial charge is 0.341 e. The second kappa shape index (κ2) is 9.72. The van der Waals surface area contributed by atoms with Crippen LogP contribution in [0, 0.1) is 0 Å². The van der Waals surface area contributed by atoms with Gasteiger partial charge in [-0.05, 0) is 67.6 Å². The first-order chi connectivity index (χ1) is 14.5. The van der Waals surface area contributed by atoms with Gasteiger partial charge < -0.3 is 4.90 Å². The zero-order valence-corrected chi connectivity index (χ0v) is 19.1. The lowest BCUT2D eigenvalue weighted by molar-refractivity contribution is -0.133. The summed E-state index contributed by atoms with van der Waals surface area (Å²) in [5.41, 5.74) is 3.06. The van der Waals surface area contributed by atoms with Crippen molar-refractivity contribution in [3.8, 4) is 11.1 Å². The van der Waals surface area contributed by atoms with Gasteiger partial charge in [0.25, 0.3) is 0 Å². The van der Waals surface area contributed by atoms with E-state index in [1.54, 1.807) is 0 Å². The van der Waals surface area contributed by atoms with Crippen molar-refractivity contribution in [3.05, 3.63) is 58.1 Å². The van der Waals surface area contributed by atoms with Crippen LogP contribution in [-0.2, 0) is 11.2 Å².